The van der Waals surface area contributed by atoms with Gasteiger partial charge in [-0.25, -0.2) is 9.50 Å². The molecule has 0 unspecified atom stereocenters. The zero-order chi connectivity index (χ0) is 16.4. The molecule has 0 aliphatic heterocycles. The summed E-state index contributed by atoms with van der Waals surface area (Å²) < 4.78 is 5.32. The first-order valence-corrected chi connectivity index (χ1v) is 8.83. The van der Waals surface area contributed by atoms with Gasteiger partial charge in [0.2, 0.25) is 0 Å². The normalized spacial score (nSPS) is 14.0. The summed E-state index contributed by atoms with van der Waals surface area (Å²) in [6.07, 6.45) is 10.4. The number of benzene rings is 1. The van der Waals surface area contributed by atoms with Crippen LogP contribution in [0.15, 0.2) is 65.8 Å². The SMILES string of the molecule is Cc1ccccc1SNc1ncnn2c(C3=CCCC=C3)ccc12. The second-order valence-corrected chi connectivity index (χ2v) is 6.58. The standard InChI is InChI=1S/C19H18N4S/c1-14-7-5-6-10-18(14)24-22-19-17-12-11-16(23(17)21-13-20-19)15-8-3-2-4-9-15/h3,5-13H,2,4H2,1H3,(H,20,21,22). The number of aryl methyl sites for hydroxylation is 1. The van der Waals surface area contributed by atoms with Crippen LogP contribution in [0.3, 0.4) is 0 Å². The van der Waals surface area contributed by atoms with Crippen LogP contribution in [0.5, 0.6) is 0 Å². The van der Waals surface area contributed by atoms with E-state index in [4.69, 9.17) is 0 Å². The van der Waals surface area contributed by atoms with Gasteiger partial charge in [-0.3, -0.25) is 0 Å². The van der Waals surface area contributed by atoms with Crippen LogP contribution in [0.25, 0.3) is 11.1 Å². The predicted octanol–water partition coefficient (Wildman–Crippen LogP) is 4.89. The maximum absolute atomic E-state index is 4.43. The third kappa shape index (κ3) is 2.83. The number of anilines is 1. The monoisotopic (exact) mass is 334 g/mol. The molecule has 24 heavy (non-hydrogen) atoms. The van der Waals surface area contributed by atoms with Gasteiger partial charge in [0.15, 0.2) is 5.82 Å². The van der Waals surface area contributed by atoms with Crippen molar-refractivity contribution in [1.29, 1.82) is 0 Å². The van der Waals surface area contributed by atoms with E-state index in [9.17, 15) is 0 Å². The van der Waals surface area contributed by atoms with Crippen molar-refractivity contribution in [3.8, 4) is 0 Å². The first-order valence-electron chi connectivity index (χ1n) is 8.01. The average Bonchev–Trinajstić information content (AvgIpc) is 3.06. The van der Waals surface area contributed by atoms with E-state index < -0.39 is 0 Å². The Balaban J connectivity index is 1.65. The quantitative estimate of drug-likeness (QED) is 0.690. The van der Waals surface area contributed by atoms with E-state index in [0.29, 0.717) is 0 Å². The van der Waals surface area contributed by atoms with Gasteiger partial charge in [0.05, 0.1) is 5.69 Å². The molecule has 2 heterocycles. The Bertz CT molecular complexity index is 939. The lowest BCUT2D eigenvalue weighted by molar-refractivity contribution is 0.893. The number of nitrogens with one attached hydrogen (secondary N) is 1. The molecule has 0 spiro atoms. The number of hydrogen-bond acceptors (Lipinski definition) is 4. The lowest BCUT2D eigenvalue weighted by Gasteiger charge is -2.10. The Morgan fingerprint density at radius 1 is 1.12 bits per heavy atom. The van der Waals surface area contributed by atoms with Crippen molar-refractivity contribution in [2.24, 2.45) is 0 Å². The van der Waals surface area contributed by atoms with Gasteiger partial charge in [-0.05, 0) is 61.0 Å². The number of aromatic nitrogens is 3. The van der Waals surface area contributed by atoms with Crippen LogP contribution < -0.4 is 4.72 Å². The van der Waals surface area contributed by atoms with Crippen LogP contribution in [0.2, 0.25) is 0 Å². The van der Waals surface area contributed by atoms with E-state index in [1.54, 1.807) is 18.3 Å². The number of rotatable bonds is 4. The summed E-state index contributed by atoms with van der Waals surface area (Å²) >= 11 is 1.58. The van der Waals surface area contributed by atoms with Gasteiger partial charge in [-0.15, -0.1) is 0 Å². The molecule has 0 radical (unpaired) electrons. The van der Waals surface area contributed by atoms with Gasteiger partial charge in [0.25, 0.3) is 0 Å². The minimum Gasteiger partial charge on any atom is -0.308 e. The zero-order valence-electron chi connectivity index (χ0n) is 13.4. The van der Waals surface area contributed by atoms with Crippen molar-refractivity contribution in [3.63, 3.8) is 0 Å². The lowest BCUT2D eigenvalue weighted by Crippen LogP contribution is -2.01. The predicted molar refractivity (Wildman–Crippen MR) is 100.0 cm³/mol. The number of hydrogen-bond donors (Lipinski definition) is 1. The topological polar surface area (TPSA) is 42.2 Å². The molecule has 1 aliphatic carbocycles. The molecule has 3 aromatic rings. The Morgan fingerprint density at radius 3 is 2.88 bits per heavy atom. The third-order valence-electron chi connectivity index (χ3n) is 4.09. The highest BCUT2D eigenvalue weighted by molar-refractivity contribution is 8.00. The Hall–Kier alpha value is -2.53. The first-order chi connectivity index (χ1) is 11.8. The van der Waals surface area contributed by atoms with Crippen LogP contribution in [0, 0.1) is 6.92 Å². The van der Waals surface area contributed by atoms with Crippen LogP contribution >= 0.6 is 11.9 Å². The summed E-state index contributed by atoms with van der Waals surface area (Å²) in [7, 11) is 0. The minimum absolute atomic E-state index is 0.824. The molecule has 4 nitrogen and oxygen atoms in total. The summed E-state index contributed by atoms with van der Waals surface area (Å²) in [6, 6.07) is 12.5. The largest absolute Gasteiger partial charge is 0.308 e. The smallest absolute Gasteiger partial charge is 0.164 e. The van der Waals surface area contributed by atoms with Crippen molar-refractivity contribution in [2.75, 3.05) is 4.72 Å². The number of allylic oxidation sites excluding steroid dienone is 4. The number of fused-ring (bicyclic) bond motifs is 1. The molecular weight excluding hydrogens is 316 g/mol. The van der Waals surface area contributed by atoms with E-state index in [1.807, 2.05) is 16.6 Å². The van der Waals surface area contributed by atoms with Gasteiger partial charge >= 0.3 is 0 Å². The van der Waals surface area contributed by atoms with Gasteiger partial charge in [0, 0.05) is 4.90 Å². The van der Waals surface area contributed by atoms with E-state index in [1.165, 1.54) is 16.0 Å². The zero-order valence-corrected chi connectivity index (χ0v) is 14.3. The average molecular weight is 334 g/mol. The first kappa shape index (κ1) is 15.0. The molecule has 4 rings (SSSR count). The van der Waals surface area contributed by atoms with Crippen molar-refractivity contribution in [1.82, 2.24) is 14.6 Å². The van der Waals surface area contributed by atoms with E-state index >= 15 is 0 Å². The summed E-state index contributed by atoms with van der Waals surface area (Å²) in [6.45, 7) is 2.11. The Kier molecular flexibility index (Phi) is 4.09. The molecule has 0 saturated carbocycles. The summed E-state index contributed by atoms with van der Waals surface area (Å²) in [5, 5.41) is 4.43. The van der Waals surface area contributed by atoms with Crippen molar-refractivity contribution >= 4 is 28.9 Å². The fourth-order valence-corrected chi connectivity index (χ4v) is 3.55. The molecule has 1 N–H and O–H groups in total. The fourth-order valence-electron chi connectivity index (χ4n) is 2.81. The Morgan fingerprint density at radius 2 is 2.04 bits per heavy atom. The maximum atomic E-state index is 4.43. The highest BCUT2D eigenvalue weighted by Crippen LogP contribution is 2.28. The molecule has 1 aliphatic rings. The molecule has 0 bridgehead atoms. The van der Waals surface area contributed by atoms with Crippen LogP contribution in [-0.2, 0) is 0 Å². The van der Waals surface area contributed by atoms with E-state index in [0.717, 1.165) is 29.9 Å². The van der Waals surface area contributed by atoms with Crippen molar-refractivity contribution < 1.29 is 0 Å². The summed E-state index contributed by atoms with van der Waals surface area (Å²) in [4.78, 5) is 5.60. The van der Waals surface area contributed by atoms with Crippen molar-refractivity contribution in [2.45, 2.75) is 24.7 Å². The van der Waals surface area contributed by atoms with Crippen molar-refractivity contribution in [3.05, 3.63) is 72.2 Å². The van der Waals surface area contributed by atoms with Gasteiger partial charge in [-0.1, -0.05) is 36.4 Å². The molecule has 0 amide bonds. The second-order valence-electron chi connectivity index (χ2n) is 5.73. The van der Waals surface area contributed by atoms with Crippen LogP contribution in [-0.4, -0.2) is 14.6 Å². The highest BCUT2D eigenvalue weighted by atomic mass is 32.2. The van der Waals surface area contributed by atoms with Gasteiger partial charge in [-0.2, -0.15) is 5.10 Å². The van der Waals surface area contributed by atoms with E-state index in [2.05, 4.69) is 64.2 Å². The summed E-state index contributed by atoms with van der Waals surface area (Å²) in [5.41, 5.74) is 4.55. The lowest BCUT2D eigenvalue weighted by atomic mass is 10.0. The van der Waals surface area contributed by atoms with Crippen LogP contribution in [0.4, 0.5) is 5.82 Å². The molecule has 120 valence electrons. The van der Waals surface area contributed by atoms with Crippen LogP contribution in [0.1, 0.15) is 24.1 Å². The Labute approximate surface area is 145 Å². The number of nitrogens with zero attached hydrogens (tertiary/aromatic N) is 3. The third-order valence-corrected chi connectivity index (χ3v) is 5.07. The molecule has 5 heteroatoms. The van der Waals surface area contributed by atoms with Gasteiger partial charge < -0.3 is 4.72 Å². The van der Waals surface area contributed by atoms with E-state index in [-0.39, 0.29) is 0 Å². The molecule has 0 fully saturated rings. The molecule has 1 aromatic carbocycles. The molecular formula is C19H18N4S. The fraction of sp³-hybridized carbons (Fsp3) is 0.158. The summed E-state index contributed by atoms with van der Waals surface area (Å²) in [5.74, 6) is 0.824. The highest BCUT2D eigenvalue weighted by Gasteiger charge is 2.11. The molecule has 0 atom stereocenters. The minimum atomic E-state index is 0.824. The maximum Gasteiger partial charge on any atom is 0.164 e. The second kappa shape index (κ2) is 6.53. The molecule has 2 aromatic heterocycles. The molecule has 0 saturated heterocycles. The van der Waals surface area contributed by atoms with Gasteiger partial charge in [0.1, 0.15) is 11.8 Å².